The Hall–Kier alpha value is -1.82. The minimum atomic E-state index is -0.471. The maximum absolute atomic E-state index is 14.1. The fourth-order valence-electron chi connectivity index (χ4n) is 2.56. The number of ether oxygens (including phenoxy) is 1. The van der Waals surface area contributed by atoms with Gasteiger partial charge in [-0.2, -0.15) is 0 Å². The summed E-state index contributed by atoms with van der Waals surface area (Å²) in [6, 6.07) is 4.12. The molecule has 0 saturated heterocycles. The predicted octanol–water partition coefficient (Wildman–Crippen LogP) is 3.38. The number of halogens is 1. The summed E-state index contributed by atoms with van der Waals surface area (Å²) in [5, 5.41) is 11.9. The maximum atomic E-state index is 14.1. The first-order chi connectivity index (χ1) is 11.0. The number of aliphatic hydroxyl groups is 1. The van der Waals surface area contributed by atoms with Crippen molar-refractivity contribution in [1.29, 1.82) is 0 Å². The second kappa shape index (κ2) is 8.15. The summed E-state index contributed by atoms with van der Waals surface area (Å²) in [6.07, 6.45) is 4.30. The van der Waals surface area contributed by atoms with Crippen LogP contribution in [0.3, 0.4) is 0 Å². The van der Waals surface area contributed by atoms with E-state index in [2.05, 4.69) is 5.32 Å². The fourth-order valence-corrected chi connectivity index (χ4v) is 2.56. The van der Waals surface area contributed by atoms with Crippen molar-refractivity contribution >= 4 is 11.7 Å². The second-order valence-corrected chi connectivity index (χ2v) is 6.16. The van der Waals surface area contributed by atoms with Crippen molar-refractivity contribution in [3.63, 3.8) is 0 Å². The van der Waals surface area contributed by atoms with Crippen molar-refractivity contribution in [3.05, 3.63) is 24.0 Å². The number of hydrogen-bond acceptors (Lipinski definition) is 3. The number of benzene rings is 1. The molecule has 1 unspecified atom stereocenters. The smallest absolute Gasteiger partial charge is 0.321 e. The van der Waals surface area contributed by atoms with E-state index in [1.807, 2.05) is 0 Å². The molecule has 0 bridgehead atoms. The molecule has 6 heteroatoms. The summed E-state index contributed by atoms with van der Waals surface area (Å²) >= 11 is 0. The number of rotatable bonds is 6. The molecule has 1 fully saturated rings. The normalized spacial score (nSPS) is 16.2. The van der Waals surface area contributed by atoms with Crippen LogP contribution in [0.15, 0.2) is 18.2 Å². The Bertz CT molecular complexity index is 531. The summed E-state index contributed by atoms with van der Waals surface area (Å²) < 4.78 is 19.7. The quantitative estimate of drug-likeness (QED) is 0.843. The molecule has 0 aromatic heterocycles. The highest BCUT2D eigenvalue weighted by molar-refractivity contribution is 5.89. The number of carbonyl (C=O) groups is 1. The molecule has 2 amide bonds. The third-order valence-electron chi connectivity index (χ3n) is 4.01. The van der Waals surface area contributed by atoms with Crippen LogP contribution in [0, 0.1) is 5.82 Å². The number of carbonyl (C=O) groups excluding carboxylic acids is 1. The largest absolute Gasteiger partial charge is 0.487 e. The zero-order valence-corrected chi connectivity index (χ0v) is 13.7. The Morgan fingerprint density at radius 1 is 1.48 bits per heavy atom. The van der Waals surface area contributed by atoms with Gasteiger partial charge in [0, 0.05) is 25.3 Å². The zero-order chi connectivity index (χ0) is 16.8. The third-order valence-corrected chi connectivity index (χ3v) is 4.01. The van der Waals surface area contributed by atoms with Crippen LogP contribution < -0.4 is 10.1 Å². The van der Waals surface area contributed by atoms with Crippen molar-refractivity contribution in [2.75, 3.05) is 18.9 Å². The van der Waals surface area contributed by atoms with Gasteiger partial charge in [-0.25, -0.2) is 9.18 Å². The number of urea groups is 1. The van der Waals surface area contributed by atoms with Gasteiger partial charge >= 0.3 is 6.03 Å². The summed E-state index contributed by atoms with van der Waals surface area (Å²) in [5.41, 5.74) is 0.384. The van der Waals surface area contributed by atoms with Gasteiger partial charge in [-0.05, 0) is 51.2 Å². The molecule has 0 radical (unpaired) electrons. The molecule has 0 spiro atoms. The van der Waals surface area contributed by atoms with Crippen LogP contribution in [-0.2, 0) is 0 Å². The molecular weight excluding hydrogens is 299 g/mol. The zero-order valence-electron chi connectivity index (χ0n) is 13.7. The van der Waals surface area contributed by atoms with Crippen molar-refractivity contribution in [2.45, 2.75) is 51.2 Å². The summed E-state index contributed by atoms with van der Waals surface area (Å²) in [7, 11) is 1.63. The minimum absolute atomic E-state index is 0.0940. The molecule has 1 aromatic carbocycles. The molecule has 1 saturated carbocycles. The Morgan fingerprint density at radius 2 is 2.17 bits per heavy atom. The molecule has 1 aliphatic carbocycles. The van der Waals surface area contributed by atoms with Crippen LogP contribution in [0.1, 0.15) is 39.0 Å². The van der Waals surface area contributed by atoms with E-state index >= 15 is 0 Å². The van der Waals surface area contributed by atoms with Gasteiger partial charge in [0.1, 0.15) is 0 Å². The van der Waals surface area contributed by atoms with Crippen LogP contribution >= 0.6 is 0 Å². The summed E-state index contributed by atoms with van der Waals surface area (Å²) in [5.74, 6) is -0.237. The van der Waals surface area contributed by atoms with Crippen LogP contribution in [0.2, 0.25) is 0 Å². The molecule has 1 aliphatic rings. The van der Waals surface area contributed by atoms with E-state index in [0.717, 1.165) is 25.7 Å². The summed E-state index contributed by atoms with van der Waals surface area (Å²) in [4.78, 5) is 13.4. The molecule has 0 aliphatic heterocycles. The lowest BCUT2D eigenvalue weighted by molar-refractivity contribution is 0.167. The highest BCUT2D eigenvalue weighted by Crippen LogP contribution is 2.27. The van der Waals surface area contributed by atoms with E-state index in [0.29, 0.717) is 18.7 Å². The molecule has 2 N–H and O–H groups in total. The first-order valence-electron chi connectivity index (χ1n) is 8.12. The Labute approximate surface area is 136 Å². The van der Waals surface area contributed by atoms with Gasteiger partial charge < -0.3 is 20.1 Å². The van der Waals surface area contributed by atoms with Crippen LogP contribution in [-0.4, -0.2) is 41.8 Å². The van der Waals surface area contributed by atoms with Gasteiger partial charge in [0.25, 0.3) is 0 Å². The highest BCUT2D eigenvalue weighted by atomic mass is 19.1. The molecule has 128 valence electrons. The van der Waals surface area contributed by atoms with E-state index in [4.69, 9.17) is 4.74 Å². The molecule has 23 heavy (non-hydrogen) atoms. The minimum Gasteiger partial charge on any atom is -0.487 e. The predicted molar refractivity (Wildman–Crippen MR) is 87.2 cm³/mol. The summed E-state index contributed by atoms with van der Waals surface area (Å²) in [6.45, 7) is 2.10. The lowest BCUT2D eigenvalue weighted by atomic mass is 10.2. The first kappa shape index (κ1) is 17.5. The van der Waals surface area contributed by atoms with Crippen molar-refractivity contribution < 1.29 is 19.0 Å². The van der Waals surface area contributed by atoms with Gasteiger partial charge in [0.05, 0.1) is 12.2 Å². The molecule has 0 heterocycles. The number of hydrogen-bond donors (Lipinski definition) is 2. The monoisotopic (exact) mass is 324 g/mol. The van der Waals surface area contributed by atoms with Crippen LogP contribution in [0.4, 0.5) is 14.9 Å². The van der Waals surface area contributed by atoms with Gasteiger partial charge in [0.2, 0.25) is 0 Å². The van der Waals surface area contributed by atoms with Gasteiger partial charge in [-0.3, -0.25) is 0 Å². The number of nitrogens with one attached hydrogen (secondary N) is 1. The van der Waals surface area contributed by atoms with E-state index in [9.17, 15) is 14.3 Å². The van der Waals surface area contributed by atoms with E-state index < -0.39 is 11.9 Å². The molecule has 1 aromatic rings. The van der Waals surface area contributed by atoms with Gasteiger partial charge in [-0.1, -0.05) is 0 Å². The van der Waals surface area contributed by atoms with Crippen LogP contribution in [0.5, 0.6) is 5.75 Å². The highest BCUT2D eigenvalue weighted by Gasteiger charge is 2.18. The SMILES string of the molecule is CC(O)CCN(C)C(=O)Nc1ccc(OC2CCCC2)c(F)c1. The van der Waals surface area contributed by atoms with Crippen molar-refractivity contribution in [3.8, 4) is 5.75 Å². The number of amides is 2. The van der Waals surface area contributed by atoms with Crippen molar-refractivity contribution in [1.82, 2.24) is 4.90 Å². The van der Waals surface area contributed by atoms with E-state index in [-0.39, 0.29) is 17.9 Å². The van der Waals surface area contributed by atoms with Gasteiger partial charge in [-0.15, -0.1) is 0 Å². The number of nitrogens with zero attached hydrogens (tertiary/aromatic N) is 1. The first-order valence-corrected chi connectivity index (χ1v) is 8.12. The Kier molecular flexibility index (Phi) is 6.21. The Morgan fingerprint density at radius 3 is 2.78 bits per heavy atom. The van der Waals surface area contributed by atoms with Crippen molar-refractivity contribution in [2.24, 2.45) is 0 Å². The maximum Gasteiger partial charge on any atom is 0.321 e. The van der Waals surface area contributed by atoms with E-state index in [1.165, 1.54) is 11.0 Å². The third kappa shape index (κ3) is 5.39. The lowest BCUT2D eigenvalue weighted by Crippen LogP contribution is -2.33. The standard InChI is InChI=1S/C17H25FN2O3/c1-12(21)9-10-20(2)17(22)19-13-7-8-16(15(18)11-13)23-14-5-3-4-6-14/h7-8,11-12,14,21H,3-6,9-10H2,1-2H3,(H,19,22). The molecule has 5 nitrogen and oxygen atoms in total. The second-order valence-electron chi connectivity index (χ2n) is 6.16. The lowest BCUT2D eigenvalue weighted by Gasteiger charge is -2.19. The van der Waals surface area contributed by atoms with Crippen LogP contribution in [0.25, 0.3) is 0 Å². The molecule has 2 rings (SSSR count). The van der Waals surface area contributed by atoms with E-state index in [1.54, 1.807) is 26.1 Å². The average Bonchev–Trinajstić information content (AvgIpc) is 3.00. The van der Waals surface area contributed by atoms with Gasteiger partial charge in [0.15, 0.2) is 11.6 Å². The fraction of sp³-hybridized carbons (Fsp3) is 0.588. The topological polar surface area (TPSA) is 61.8 Å². The Balaban J connectivity index is 1.90. The number of anilines is 1. The molecule has 1 atom stereocenters. The molecular formula is C17H25FN2O3. The average molecular weight is 324 g/mol. The number of aliphatic hydroxyl groups excluding tert-OH is 1.